The molecular formula is C11H18N4O3S2. The second kappa shape index (κ2) is 6.08. The van der Waals surface area contributed by atoms with Crippen molar-refractivity contribution in [3.63, 3.8) is 0 Å². The van der Waals surface area contributed by atoms with Crippen molar-refractivity contribution < 1.29 is 13.5 Å². The van der Waals surface area contributed by atoms with E-state index in [0.29, 0.717) is 17.3 Å². The highest BCUT2D eigenvalue weighted by Crippen LogP contribution is 2.27. The van der Waals surface area contributed by atoms with Gasteiger partial charge >= 0.3 is 0 Å². The van der Waals surface area contributed by atoms with Crippen LogP contribution in [0.25, 0.3) is 4.96 Å². The number of nitrogens with one attached hydrogen (secondary N) is 1. The monoisotopic (exact) mass is 318 g/mol. The van der Waals surface area contributed by atoms with Gasteiger partial charge in [-0.15, -0.1) is 11.3 Å². The minimum atomic E-state index is -3.70. The molecular weight excluding hydrogens is 300 g/mol. The summed E-state index contributed by atoms with van der Waals surface area (Å²) in [6, 6.07) is 0. The van der Waals surface area contributed by atoms with Crippen LogP contribution in [0.3, 0.4) is 0 Å². The average Bonchev–Trinajstić information content (AvgIpc) is 2.95. The molecule has 0 aliphatic carbocycles. The first kappa shape index (κ1) is 15.2. The van der Waals surface area contributed by atoms with Crippen LogP contribution in [0, 0.1) is 0 Å². The Morgan fingerprint density at radius 2 is 2.30 bits per heavy atom. The van der Waals surface area contributed by atoms with Crippen molar-refractivity contribution in [2.75, 3.05) is 32.1 Å². The lowest BCUT2D eigenvalue weighted by molar-refractivity contribution is 0.266. The number of aromatic nitrogens is 2. The number of imidazole rings is 1. The first-order valence-electron chi connectivity index (χ1n) is 6.29. The Labute approximate surface area is 121 Å². The predicted octanol–water partition coefficient (Wildman–Crippen LogP) is 0.830. The third kappa shape index (κ3) is 2.66. The zero-order valence-corrected chi connectivity index (χ0v) is 13.0. The molecule has 0 spiro atoms. The summed E-state index contributed by atoms with van der Waals surface area (Å²) in [6.45, 7) is 2.47. The van der Waals surface area contributed by atoms with Crippen molar-refractivity contribution in [2.45, 2.75) is 18.4 Å². The summed E-state index contributed by atoms with van der Waals surface area (Å²) < 4.78 is 27.9. The molecule has 2 N–H and O–H groups in total. The maximum Gasteiger partial charge on any atom is 0.262 e. The third-order valence-electron chi connectivity index (χ3n) is 2.83. The van der Waals surface area contributed by atoms with Crippen molar-refractivity contribution >= 4 is 32.1 Å². The predicted molar refractivity (Wildman–Crippen MR) is 78.8 cm³/mol. The third-order valence-corrected chi connectivity index (χ3v) is 5.47. The van der Waals surface area contributed by atoms with Crippen LogP contribution in [0.1, 0.15) is 13.3 Å². The van der Waals surface area contributed by atoms with Gasteiger partial charge in [-0.2, -0.15) is 4.31 Å². The smallest absolute Gasteiger partial charge is 0.262 e. The van der Waals surface area contributed by atoms with E-state index in [1.54, 1.807) is 16.0 Å². The molecule has 9 heteroatoms. The van der Waals surface area contributed by atoms with Crippen LogP contribution in [-0.2, 0) is 10.0 Å². The van der Waals surface area contributed by atoms with Crippen LogP contribution in [0.15, 0.2) is 16.6 Å². The number of likely N-dealkylation sites (N-methyl/N-ethyl adjacent to an activating group) is 1. The number of fused-ring (bicyclic) bond motifs is 1. The number of anilines is 1. The molecule has 0 unspecified atom stereocenters. The van der Waals surface area contributed by atoms with E-state index < -0.39 is 10.0 Å². The number of aliphatic hydroxyl groups excluding tert-OH is 1. The van der Waals surface area contributed by atoms with Crippen LogP contribution in [0.2, 0.25) is 0 Å². The largest absolute Gasteiger partial charge is 0.395 e. The number of hydrogen-bond donors (Lipinski definition) is 2. The molecule has 0 atom stereocenters. The molecule has 0 aliphatic rings. The van der Waals surface area contributed by atoms with Gasteiger partial charge in [0, 0.05) is 31.7 Å². The number of nitrogens with zero attached hydrogens (tertiary/aromatic N) is 3. The number of thiazole rings is 1. The summed E-state index contributed by atoms with van der Waals surface area (Å²) in [5, 5.41) is 13.9. The van der Waals surface area contributed by atoms with Gasteiger partial charge in [0.2, 0.25) is 0 Å². The summed E-state index contributed by atoms with van der Waals surface area (Å²) in [5.74, 6) is 0.364. The minimum absolute atomic E-state index is 0.0485. The highest BCUT2D eigenvalue weighted by atomic mass is 32.2. The minimum Gasteiger partial charge on any atom is -0.395 e. The molecule has 0 radical (unpaired) electrons. The second-order valence-electron chi connectivity index (χ2n) is 4.30. The fraction of sp³-hybridized carbons (Fsp3) is 0.545. The molecule has 2 heterocycles. The van der Waals surface area contributed by atoms with E-state index in [9.17, 15) is 8.42 Å². The van der Waals surface area contributed by atoms with Gasteiger partial charge < -0.3 is 10.4 Å². The van der Waals surface area contributed by atoms with E-state index in [2.05, 4.69) is 10.3 Å². The molecule has 0 amide bonds. The average molecular weight is 318 g/mol. The molecule has 112 valence electrons. The Hall–Kier alpha value is -1.16. The van der Waals surface area contributed by atoms with Crippen molar-refractivity contribution in [1.29, 1.82) is 0 Å². The van der Waals surface area contributed by atoms with Crippen LogP contribution >= 0.6 is 11.3 Å². The topological polar surface area (TPSA) is 86.9 Å². The van der Waals surface area contributed by atoms with Gasteiger partial charge in [-0.05, 0) is 6.42 Å². The normalized spacial score (nSPS) is 12.4. The van der Waals surface area contributed by atoms with Crippen molar-refractivity contribution in [2.24, 2.45) is 0 Å². The van der Waals surface area contributed by atoms with E-state index in [4.69, 9.17) is 5.11 Å². The molecule has 2 rings (SSSR count). The van der Waals surface area contributed by atoms with Crippen molar-refractivity contribution in [1.82, 2.24) is 13.7 Å². The van der Waals surface area contributed by atoms with Gasteiger partial charge in [0.25, 0.3) is 10.0 Å². The van der Waals surface area contributed by atoms with Gasteiger partial charge in [-0.25, -0.2) is 13.4 Å². The molecule has 0 saturated carbocycles. The summed E-state index contributed by atoms with van der Waals surface area (Å²) in [5.41, 5.74) is 0. The fourth-order valence-electron chi connectivity index (χ4n) is 1.78. The second-order valence-corrected chi connectivity index (χ2v) is 7.13. The van der Waals surface area contributed by atoms with Crippen molar-refractivity contribution in [3.8, 4) is 0 Å². The molecule has 2 aromatic heterocycles. The van der Waals surface area contributed by atoms with Gasteiger partial charge in [-0.3, -0.25) is 4.40 Å². The quantitative estimate of drug-likeness (QED) is 0.789. The van der Waals surface area contributed by atoms with E-state index in [1.165, 1.54) is 18.4 Å². The van der Waals surface area contributed by atoms with Gasteiger partial charge in [-0.1, -0.05) is 6.92 Å². The van der Waals surface area contributed by atoms with Crippen molar-refractivity contribution in [3.05, 3.63) is 11.6 Å². The summed E-state index contributed by atoms with van der Waals surface area (Å²) in [6.07, 6.45) is 2.56. The molecule has 0 aromatic carbocycles. The van der Waals surface area contributed by atoms with Crippen LogP contribution in [0.4, 0.5) is 5.82 Å². The first-order valence-corrected chi connectivity index (χ1v) is 8.61. The van der Waals surface area contributed by atoms with E-state index >= 15 is 0 Å². The molecule has 2 aromatic rings. The fourth-order valence-corrected chi connectivity index (χ4v) is 3.93. The summed E-state index contributed by atoms with van der Waals surface area (Å²) in [7, 11) is -2.25. The summed E-state index contributed by atoms with van der Waals surface area (Å²) >= 11 is 1.38. The van der Waals surface area contributed by atoms with Gasteiger partial charge in [0.1, 0.15) is 0 Å². The molecule has 7 nitrogen and oxygen atoms in total. The maximum absolute atomic E-state index is 12.6. The maximum atomic E-state index is 12.6. The Kier molecular flexibility index (Phi) is 4.63. The molecule has 0 saturated heterocycles. The van der Waals surface area contributed by atoms with Crippen LogP contribution in [-0.4, -0.2) is 54.0 Å². The summed E-state index contributed by atoms with van der Waals surface area (Å²) in [4.78, 5) is 4.95. The number of sulfonamides is 1. The zero-order valence-electron chi connectivity index (χ0n) is 11.4. The van der Waals surface area contributed by atoms with Crippen LogP contribution in [0.5, 0.6) is 0 Å². The highest BCUT2D eigenvalue weighted by Gasteiger charge is 2.29. The van der Waals surface area contributed by atoms with Gasteiger partial charge in [0.15, 0.2) is 15.8 Å². The number of rotatable bonds is 7. The lowest BCUT2D eigenvalue weighted by Gasteiger charge is -2.16. The number of hydrogen-bond acceptors (Lipinski definition) is 6. The molecule has 0 bridgehead atoms. The molecule has 0 fully saturated rings. The SMILES string of the molecule is CCCNc1nc2sccn2c1S(=O)(=O)N(C)CCO. The highest BCUT2D eigenvalue weighted by molar-refractivity contribution is 7.89. The van der Waals surface area contributed by atoms with Crippen LogP contribution < -0.4 is 5.32 Å². The lowest BCUT2D eigenvalue weighted by Crippen LogP contribution is -2.31. The van der Waals surface area contributed by atoms with E-state index in [-0.39, 0.29) is 18.2 Å². The molecule has 0 aliphatic heterocycles. The standard InChI is InChI=1S/C11H18N4O3S2/c1-3-4-12-9-10(15-6-8-19-11(15)13-9)20(17,18)14(2)5-7-16/h6,8,12,16H,3-5,7H2,1-2H3. The first-order chi connectivity index (χ1) is 9.52. The lowest BCUT2D eigenvalue weighted by atomic mass is 10.5. The number of aliphatic hydroxyl groups is 1. The zero-order chi connectivity index (χ0) is 14.8. The van der Waals surface area contributed by atoms with Gasteiger partial charge in [0.05, 0.1) is 6.61 Å². The Morgan fingerprint density at radius 1 is 1.55 bits per heavy atom. The van der Waals surface area contributed by atoms with E-state index in [1.807, 2.05) is 6.92 Å². The Bertz CT molecular complexity index is 677. The van der Waals surface area contributed by atoms with E-state index in [0.717, 1.165) is 10.7 Å². The molecule has 20 heavy (non-hydrogen) atoms. The Morgan fingerprint density at radius 3 is 2.95 bits per heavy atom. The Balaban J connectivity index is 2.52.